The number of hydrogen-bond acceptors (Lipinski definition) is 5. The van der Waals surface area contributed by atoms with Crippen molar-refractivity contribution in [3.8, 4) is 11.5 Å². The van der Waals surface area contributed by atoms with E-state index in [-0.39, 0.29) is 18.2 Å². The van der Waals surface area contributed by atoms with Crippen molar-refractivity contribution in [1.82, 2.24) is 5.43 Å². The van der Waals surface area contributed by atoms with E-state index in [9.17, 15) is 9.59 Å². The predicted octanol–water partition coefficient (Wildman–Crippen LogP) is 3.07. The third-order valence-electron chi connectivity index (χ3n) is 3.49. The van der Waals surface area contributed by atoms with Crippen LogP contribution >= 0.6 is 31.9 Å². The van der Waals surface area contributed by atoms with Crippen molar-refractivity contribution >= 4 is 55.1 Å². The Morgan fingerprint density at radius 3 is 2.77 bits per heavy atom. The van der Waals surface area contributed by atoms with Crippen LogP contribution in [-0.2, 0) is 9.59 Å². The van der Waals surface area contributed by atoms with Crippen LogP contribution in [0.1, 0.15) is 5.56 Å². The molecule has 26 heavy (non-hydrogen) atoms. The lowest BCUT2D eigenvalue weighted by Crippen LogP contribution is -2.27. The number of nitrogens with one attached hydrogen (secondary N) is 2. The molecule has 1 heterocycles. The molecular formula is C17H13Br2N3O4. The number of hydrazone groups is 1. The van der Waals surface area contributed by atoms with Gasteiger partial charge in [0.05, 0.1) is 17.3 Å². The Balaban J connectivity index is 1.63. The molecule has 2 aromatic rings. The van der Waals surface area contributed by atoms with Crippen molar-refractivity contribution in [2.24, 2.45) is 5.10 Å². The van der Waals surface area contributed by atoms with Crippen LogP contribution in [0.4, 0.5) is 5.69 Å². The summed E-state index contributed by atoms with van der Waals surface area (Å²) in [4.78, 5) is 24.0. The molecule has 134 valence electrons. The van der Waals surface area contributed by atoms with Crippen LogP contribution in [0.15, 0.2) is 50.4 Å². The van der Waals surface area contributed by atoms with Gasteiger partial charge in [-0.15, -0.1) is 0 Å². The average molecular weight is 483 g/mol. The molecule has 0 aliphatic carbocycles. The molecular weight excluding hydrogens is 470 g/mol. The normalized spacial score (nSPS) is 14.0. The SMILES string of the molecule is COc1ccc(OCC(=O)N/N=C2\C(=O)Nc3ccc(Br)cc32)c(Br)c1. The van der Waals surface area contributed by atoms with Crippen molar-refractivity contribution < 1.29 is 19.1 Å². The summed E-state index contributed by atoms with van der Waals surface area (Å²) in [5, 5.41) is 6.60. The maximum Gasteiger partial charge on any atom is 0.277 e. The topological polar surface area (TPSA) is 89.0 Å². The molecule has 1 aliphatic rings. The second-order valence-corrected chi connectivity index (χ2v) is 6.99. The number of anilines is 1. The summed E-state index contributed by atoms with van der Waals surface area (Å²) < 4.78 is 12.0. The van der Waals surface area contributed by atoms with E-state index in [0.717, 1.165) is 4.47 Å². The maximum atomic E-state index is 12.0. The molecule has 0 bridgehead atoms. The number of methoxy groups -OCH3 is 1. The number of hydrogen-bond donors (Lipinski definition) is 2. The number of amides is 2. The number of carbonyl (C=O) groups excluding carboxylic acids is 2. The van der Waals surface area contributed by atoms with E-state index >= 15 is 0 Å². The van der Waals surface area contributed by atoms with Crippen molar-refractivity contribution in [2.75, 3.05) is 19.0 Å². The van der Waals surface area contributed by atoms with Gasteiger partial charge in [-0.3, -0.25) is 9.59 Å². The Kier molecular flexibility index (Phi) is 5.58. The first-order valence-corrected chi connectivity index (χ1v) is 9.00. The van der Waals surface area contributed by atoms with Gasteiger partial charge in [-0.25, -0.2) is 5.43 Å². The van der Waals surface area contributed by atoms with Crippen LogP contribution in [-0.4, -0.2) is 31.2 Å². The van der Waals surface area contributed by atoms with E-state index in [1.54, 1.807) is 43.5 Å². The Bertz CT molecular complexity index is 915. The molecule has 2 aromatic carbocycles. The van der Waals surface area contributed by atoms with Crippen molar-refractivity contribution in [3.63, 3.8) is 0 Å². The first kappa shape index (κ1) is 18.4. The molecule has 0 saturated carbocycles. The summed E-state index contributed by atoms with van der Waals surface area (Å²) in [5.41, 5.74) is 3.73. The quantitative estimate of drug-likeness (QED) is 0.641. The van der Waals surface area contributed by atoms with Crippen molar-refractivity contribution in [3.05, 3.63) is 50.9 Å². The molecule has 0 fully saturated rings. The maximum absolute atomic E-state index is 12.0. The van der Waals surface area contributed by atoms with Crippen LogP contribution in [0.2, 0.25) is 0 Å². The first-order valence-electron chi connectivity index (χ1n) is 7.42. The molecule has 0 atom stereocenters. The van der Waals surface area contributed by atoms with E-state index in [2.05, 4.69) is 47.7 Å². The fourth-order valence-corrected chi connectivity index (χ4v) is 3.09. The van der Waals surface area contributed by atoms with Gasteiger partial charge in [-0.05, 0) is 52.3 Å². The van der Waals surface area contributed by atoms with Gasteiger partial charge in [0.15, 0.2) is 12.3 Å². The number of benzene rings is 2. The number of ether oxygens (including phenoxy) is 2. The molecule has 3 rings (SSSR count). The average Bonchev–Trinajstić information content (AvgIpc) is 2.93. The Morgan fingerprint density at radius 1 is 1.23 bits per heavy atom. The monoisotopic (exact) mass is 481 g/mol. The lowest BCUT2D eigenvalue weighted by molar-refractivity contribution is -0.123. The fraction of sp³-hybridized carbons (Fsp3) is 0.118. The van der Waals surface area contributed by atoms with Crippen LogP contribution in [0.25, 0.3) is 0 Å². The van der Waals surface area contributed by atoms with Gasteiger partial charge in [0, 0.05) is 10.0 Å². The summed E-state index contributed by atoms with van der Waals surface area (Å²) >= 11 is 6.69. The fourth-order valence-electron chi connectivity index (χ4n) is 2.26. The van der Waals surface area contributed by atoms with E-state index in [1.807, 2.05) is 0 Å². The van der Waals surface area contributed by atoms with Crippen LogP contribution in [0.3, 0.4) is 0 Å². The zero-order valence-electron chi connectivity index (χ0n) is 13.5. The first-order chi connectivity index (χ1) is 12.5. The van der Waals surface area contributed by atoms with Gasteiger partial charge in [0.1, 0.15) is 11.5 Å². The van der Waals surface area contributed by atoms with E-state index in [0.29, 0.717) is 27.2 Å². The Morgan fingerprint density at radius 2 is 2.04 bits per heavy atom. The number of carbonyl (C=O) groups is 2. The molecule has 0 saturated heterocycles. The summed E-state index contributed by atoms with van der Waals surface area (Å²) in [6, 6.07) is 10.4. The zero-order valence-corrected chi connectivity index (χ0v) is 16.7. The molecule has 0 spiro atoms. The number of fused-ring (bicyclic) bond motifs is 1. The number of nitrogens with zero attached hydrogens (tertiary/aromatic N) is 1. The van der Waals surface area contributed by atoms with E-state index in [4.69, 9.17) is 9.47 Å². The van der Waals surface area contributed by atoms with Crippen LogP contribution in [0.5, 0.6) is 11.5 Å². The highest BCUT2D eigenvalue weighted by atomic mass is 79.9. The van der Waals surface area contributed by atoms with Crippen molar-refractivity contribution in [1.29, 1.82) is 0 Å². The second-order valence-electron chi connectivity index (χ2n) is 5.22. The Hall–Kier alpha value is -2.39. The van der Waals surface area contributed by atoms with Gasteiger partial charge in [0.2, 0.25) is 0 Å². The molecule has 0 aromatic heterocycles. The van der Waals surface area contributed by atoms with Crippen molar-refractivity contribution in [2.45, 2.75) is 0 Å². The molecule has 2 amide bonds. The molecule has 9 heteroatoms. The highest BCUT2D eigenvalue weighted by molar-refractivity contribution is 9.10. The van der Waals surface area contributed by atoms with Crippen LogP contribution < -0.4 is 20.2 Å². The largest absolute Gasteiger partial charge is 0.497 e. The highest BCUT2D eigenvalue weighted by Gasteiger charge is 2.26. The van der Waals surface area contributed by atoms with Crippen LogP contribution in [0, 0.1) is 0 Å². The molecule has 0 unspecified atom stereocenters. The molecule has 1 aliphatic heterocycles. The van der Waals surface area contributed by atoms with E-state index < -0.39 is 5.91 Å². The minimum atomic E-state index is -0.489. The van der Waals surface area contributed by atoms with Gasteiger partial charge < -0.3 is 14.8 Å². The van der Waals surface area contributed by atoms with Gasteiger partial charge >= 0.3 is 0 Å². The molecule has 0 radical (unpaired) electrons. The lowest BCUT2D eigenvalue weighted by Gasteiger charge is -2.08. The van der Waals surface area contributed by atoms with Gasteiger partial charge in [-0.2, -0.15) is 5.10 Å². The number of halogens is 2. The predicted molar refractivity (Wildman–Crippen MR) is 104 cm³/mol. The van der Waals surface area contributed by atoms with E-state index in [1.165, 1.54) is 0 Å². The smallest absolute Gasteiger partial charge is 0.277 e. The molecule has 7 nitrogen and oxygen atoms in total. The summed E-state index contributed by atoms with van der Waals surface area (Å²) in [7, 11) is 1.56. The number of rotatable bonds is 5. The standard InChI is InChI=1S/C17H13Br2N3O4/c1-25-10-3-5-14(12(19)7-10)26-8-15(23)21-22-16-11-6-9(18)2-4-13(11)20-17(16)24/h2-7H,8H2,1H3,(H,21,23)(H,20,22,24). The summed E-state index contributed by atoms with van der Waals surface area (Å²) in [5.74, 6) is 0.285. The lowest BCUT2D eigenvalue weighted by atomic mass is 10.1. The highest BCUT2D eigenvalue weighted by Crippen LogP contribution is 2.29. The zero-order chi connectivity index (χ0) is 18.7. The Labute approximate surface area is 166 Å². The third kappa shape index (κ3) is 4.05. The summed E-state index contributed by atoms with van der Waals surface area (Å²) in [6.07, 6.45) is 0. The minimum absolute atomic E-state index is 0.139. The third-order valence-corrected chi connectivity index (χ3v) is 4.60. The minimum Gasteiger partial charge on any atom is -0.497 e. The summed E-state index contributed by atoms with van der Waals surface area (Å²) in [6.45, 7) is -0.255. The second kappa shape index (κ2) is 7.88. The van der Waals surface area contributed by atoms with Gasteiger partial charge in [0.25, 0.3) is 11.8 Å². The molecule has 2 N–H and O–H groups in total. The van der Waals surface area contributed by atoms with Gasteiger partial charge in [-0.1, -0.05) is 15.9 Å².